The molecule has 0 spiro atoms. The van der Waals surface area contributed by atoms with Gasteiger partial charge in [0, 0.05) is 30.8 Å². The summed E-state index contributed by atoms with van der Waals surface area (Å²) in [7, 11) is 0. The van der Waals surface area contributed by atoms with Gasteiger partial charge >= 0.3 is 0 Å². The molecule has 1 fully saturated rings. The Labute approximate surface area is 186 Å². The van der Waals surface area contributed by atoms with Gasteiger partial charge in [0.25, 0.3) is 17.5 Å². The highest BCUT2D eigenvalue weighted by Crippen LogP contribution is 2.36. The molecule has 0 aromatic heterocycles. The van der Waals surface area contributed by atoms with Gasteiger partial charge in [-0.1, -0.05) is 30.0 Å². The summed E-state index contributed by atoms with van der Waals surface area (Å²) in [5.41, 5.74) is 0.985. The van der Waals surface area contributed by atoms with Crippen molar-refractivity contribution in [2.45, 2.75) is 0 Å². The number of thiocarbonyl (C=S) groups is 1. The average molecular weight is 457 g/mol. The summed E-state index contributed by atoms with van der Waals surface area (Å²) >= 11 is 6.50. The Kier molecular flexibility index (Phi) is 5.87. The molecule has 2 aromatic carbocycles. The first-order valence-electron chi connectivity index (χ1n) is 9.10. The zero-order valence-electron chi connectivity index (χ0n) is 15.9. The number of nitro benzene ring substituents is 1. The van der Waals surface area contributed by atoms with E-state index in [9.17, 15) is 19.7 Å². The van der Waals surface area contributed by atoms with Crippen molar-refractivity contribution in [3.05, 3.63) is 68.6 Å². The molecule has 0 aliphatic carbocycles. The molecule has 2 aliphatic heterocycles. The van der Waals surface area contributed by atoms with Crippen LogP contribution in [0.5, 0.6) is 11.5 Å². The van der Waals surface area contributed by atoms with E-state index >= 15 is 0 Å². The molecular weight excluding hydrogens is 442 g/mol. The molecule has 0 radical (unpaired) electrons. The Morgan fingerprint density at radius 1 is 1.23 bits per heavy atom. The fraction of sp³-hybridized carbons (Fsp3) is 0.150. The summed E-state index contributed by atoms with van der Waals surface area (Å²) in [5, 5.41) is 13.4. The van der Waals surface area contributed by atoms with Crippen molar-refractivity contribution < 1.29 is 24.0 Å². The summed E-state index contributed by atoms with van der Waals surface area (Å²) in [6.07, 6.45) is 1.73. The van der Waals surface area contributed by atoms with E-state index < -0.39 is 10.8 Å². The molecule has 0 unspecified atom stereocenters. The van der Waals surface area contributed by atoms with E-state index in [4.69, 9.17) is 21.7 Å². The number of hydrogen-bond acceptors (Lipinski definition) is 8. The molecule has 31 heavy (non-hydrogen) atoms. The smallest absolute Gasteiger partial charge is 0.269 e. The van der Waals surface area contributed by atoms with Crippen molar-refractivity contribution in [2.75, 3.05) is 19.9 Å². The minimum Gasteiger partial charge on any atom is -0.454 e. The zero-order valence-corrected chi connectivity index (χ0v) is 17.5. The van der Waals surface area contributed by atoms with Crippen LogP contribution in [0.15, 0.2) is 47.4 Å². The molecule has 0 saturated carbocycles. The van der Waals surface area contributed by atoms with Gasteiger partial charge < -0.3 is 14.8 Å². The highest BCUT2D eigenvalue weighted by Gasteiger charge is 2.31. The van der Waals surface area contributed by atoms with Crippen LogP contribution in [0.3, 0.4) is 0 Å². The molecule has 1 saturated heterocycles. The molecular formula is C20H15N3O6S2. The summed E-state index contributed by atoms with van der Waals surface area (Å²) in [6, 6.07) is 10.7. The van der Waals surface area contributed by atoms with Crippen LogP contribution in [0.25, 0.3) is 6.08 Å². The van der Waals surface area contributed by atoms with Crippen LogP contribution in [0.2, 0.25) is 0 Å². The number of nitrogens with zero attached hydrogens (tertiary/aromatic N) is 2. The molecule has 158 valence electrons. The lowest BCUT2D eigenvalue weighted by molar-refractivity contribution is -0.384. The standard InChI is InChI=1S/C20H15N3O6S2/c24-18(13-2-4-14(5-3-13)23(26)27)21-7-8-22-19(25)17(31-20(22)30)10-12-1-6-15-16(9-12)29-11-28-15/h1-6,9-10H,7-8,11H2,(H,21,24)/b17-10-. The van der Waals surface area contributed by atoms with Gasteiger partial charge in [0.05, 0.1) is 9.83 Å². The number of carbonyl (C=O) groups excluding carboxylic acids is 2. The number of rotatable bonds is 6. The predicted molar refractivity (Wildman–Crippen MR) is 118 cm³/mol. The summed E-state index contributed by atoms with van der Waals surface area (Å²) in [6.45, 7) is 0.563. The number of fused-ring (bicyclic) bond motifs is 1. The lowest BCUT2D eigenvalue weighted by atomic mass is 10.2. The molecule has 2 heterocycles. The minimum atomic E-state index is -0.534. The monoisotopic (exact) mass is 457 g/mol. The minimum absolute atomic E-state index is 0.0941. The van der Waals surface area contributed by atoms with Crippen LogP contribution in [0.4, 0.5) is 5.69 Å². The summed E-state index contributed by atoms with van der Waals surface area (Å²) in [4.78, 5) is 37.0. The second-order valence-corrected chi connectivity index (χ2v) is 8.18. The Bertz CT molecular complexity index is 1120. The topological polar surface area (TPSA) is 111 Å². The third kappa shape index (κ3) is 4.52. The molecule has 4 rings (SSSR count). The van der Waals surface area contributed by atoms with Gasteiger partial charge in [0.2, 0.25) is 6.79 Å². The van der Waals surface area contributed by atoms with Crippen LogP contribution >= 0.6 is 24.0 Å². The molecule has 2 aromatic rings. The largest absolute Gasteiger partial charge is 0.454 e. The molecule has 2 aliphatic rings. The first-order chi connectivity index (χ1) is 14.9. The van der Waals surface area contributed by atoms with E-state index in [-0.39, 0.29) is 31.5 Å². The highest BCUT2D eigenvalue weighted by atomic mass is 32.2. The first-order valence-corrected chi connectivity index (χ1v) is 10.3. The van der Waals surface area contributed by atoms with E-state index in [1.165, 1.54) is 40.9 Å². The maximum absolute atomic E-state index is 12.7. The van der Waals surface area contributed by atoms with Crippen molar-refractivity contribution in [1.29, 1.82) is 0 Å². The normalized spacial score (nSPS) is 16.1. The van der Waals surface area contributed by atoms with Gasteiger partial charge in [0.1, 0.15) is 4.32 Å². The predicted octanol–water partition coefficient (Wildman–Crippen LogP) is 2.95. The summed E-state index contributed by atoms with van der Waals surface area (Å²) in [5.74, 6) is 0.653. The average Bonchev–Trinajstić information content (AvgIpc) is 3.33. The lowest BCUT2D eigenvalue weighted by Gasteiger charge is -2.14. The fourth-order valence-electron chi connectivity index (χ4n) is 2.96. The quantitative estimate of drug-likeness (QED) is 0.305. The van der Waals surface area contributed by atoms with Gasteiger partial charge in [0.15, 0.2) is 11.5 Å². The molecule has 11 heteroatoms. The van der Waals surface area contributed by atoms with Crippen LogP contribution in [0.1, 0.15) is 15.9 Å². The van der Waals surface area contributed by atoms with E-state index in [0.717, 1.165) is 5.56 Å². The Hall–Kier alpha value is -3.44. The molecule has 0 atom stereocenters. The van der Waals surface area contributed by atoms with Gasteiger partial charge in [-0.05, 0) is 35.9 Å². The van der Waals surface area contributed by atoms with Crippen molar-refractivity contribution >= 4 is 51.9 Å². The highest BCUT2D eigenvalue weighted by molar-refractivity contribution is 8.26. The van der Waals surface area contributed by atoms with Crippen LogP contribution < -0.4 is 14.8 Å². The van der Waals surface area contributed by atoms with Crippen LogP contribution in [-0.4, -0.2) is 45.8 Å². The molecule has 1 N–H and O–H groups in total. The first kappa shape index (κ1) is 20.8. The summed E-state index contributed by atoms with van der Waals surface area (Å²) < 4.78 is 11.0. The number of non-ortho nitro benzene ring substituents is 1. The fourth-order valence-corrected chi connectivity index (χ4v) is 4.27. The molecule has 2 amide bonds. The SMILES string of the molecule is O=C(NCCN1C(=O)/C(=C/c2ccc3c(c2)OCO3)SC1=S)c1ccc([N+](=O)[O-])cc1. The van der Waals surface area contributed by atoms with Crippen molar-refractivity contribution in [3.8, 4) is 11.5 Å². The Morgan fingerprint density at radius 3 is 2.71 bits per heavy atom. The number of ether oxygens (including phenoxy) is 2. The zero-order chi connectivity index (χ0) is 22.0. The maximum atomic E-state index is 12.7. The Morgan fingerprint density at radius 2 is 1.97 bits per heavy atom. The van der Waals surface area contributed by atoms with E-state index in [1.54, 1.807) is 18.2 Å². The van der Waals surface area contributed by atoms with Gasteiger partial charge in [-0.3, -0.25) is 24.6 Å². The maximum Gasteiger partial charge on any atom is 0.269 e. The molecule has 0 bridgehead atoms. The van der Waals surface area contributed by atoms with Crippen LogP contribution in [0, 0.1) is 10.1 Å². The van der Waals surface area contributed by atoms with Crippen LogP contribution in [-0.2, 0) is 4.79 Å². The van der Waals surface area contributed by atoms with E-state index in [2.05, 4.69) is 5.32 Å². The second kappa shape index (κ2) is 8.74. The number of hydrogen-bond donors (Lipinski definition) is 1. The molecule has 9 nitrogen and oxygen atoms in total. The van der Waals surface area contributed by atoms with Gasteiger partial charge in [-0.25, -0.2) is 0 Å². The van der Waals surface area contributed by atoms with Crippen molar-refractivity contribution in [3.63, 3.8) is 0 Å². The van der Waals surface area contributed by atoms with Crippen molar-refractivity contribution in [2.24, 2.45) is 0 Å². The van der Waals surface area contributed by atoms with Gasteiger partial charge in [-0.15, -0.1) is 0 Å². The number of nitro groups is 1. The second-order valence-electron chi connectivity index (χ2n) is 6.51. The number of thioether (sulfide) groups is 1. The van der Waals surface area contributed by atoms with E-state index in [1.807, 2.05) is 6.07 Å². The third-order valence-corrected chi connectivity index (χ3v) is 5.91. The lowest BCUT2D eigenvalue weighted by Crippen LogP contribution is -2.37. The number of carbonyl (C=O) groups is 2. The number of nitrogens with one attached hydrogen (secondary N) is 1. The van der Waals surface area contributed by atoms with Gasteiger partial charge in [-0.2, -0.15) is 0 Å². The third-order valence-electron chi connectivity index (χ3n) is 4.53. The Balaban J connectivity index is 1.35. The van der Waals surface area contributed by atoms with Crippen molar-refractivity contribution in [1.82, 2.24) is 10.2 Å². The van der Waals surface area contributed by atoms with E-state index in [0.29, 0.717) is 26.3 Å². The number of amides is 2. The number of benzene rings is 2.